The summed E-state index contributed by atoms with van der Waals surface area (Å²) in [4.78, 5) is 6.57. The van der Waals surface area contributed by atoms with Gasteiger partial charge in [-0.15, -0.1) is 22.6 Å². The van der Waals surface area contributed by atoms with Gasteiger partial charge in [-0.2, -0.15) is 0 Å². The lowest BCUT2D eigenvalue weighted by molar-refractivity contribution is 0.585. The Bertz CT molecular complexity index is 830. The van der Waals surface area contributed by atoms with Crippen LogP contribution in [0.2, 0.25) is 5.02 Å². The van der Waals surface area contributed by atoms with Gasteiger partial charge in [-0.1, -0.05) is 11.6 Å². The Morgan fingerprint density at radius 2 is 2.00 bits per heavy atom. The van der Waals surface area contributed by atoms with Crippen LogP contribution in [0.3, 0.4) is 0 Å². The third-order valence-electron chi connectivity index (χ3n) is 3.65. The molecular weight excluding hydrogens is 330 g/mol. The second-order valence-electron chi connectivity index (χ2n) is 4.95. The maximum Gasteiger partial charge on any atom is 0.204 e. The normalized spacial score (nSPS) is 15.3. The van der Waals surface area contributed by atoms with Crippen LogP contribution < -0.4 is 10.2 Å². The van der Waals surface area contributed by atoms with E-state index in [1.54, 1.807) is 16.8 Å². The summed E-state index contributed by atoms with van der Waals surface area (Å²) in [6.07, 6.45) is 1.56. The standard InChI is InChI=1S/C13H12ClFN6.ClH/c14-8-5-9(15)11-10(6-8)21-7-17-19-13(21)12(18-11)20-3-1-16-2-4-20;/h5-7,16H,1-4H2;1H. The van der Waals surface area contributed by atoms with E-state index in [1.165, 1.54) is 6.07 Å². The van der Waals surface area contributed by atoms with Gasteiger partial charge in [-0.25, -0.2) is 9.37 Å². The summed E-state index contributed by atoms with van der Waals surface area (Å²) in [6.45, 7) is 3.33. The van der Waals surface area contributed by atoms with Crippen molar-refractivity contribution < 1.29 is 4.39 Å². The van der Waals surface area contributed by atoms with Crippen molar-refractivity contribution in [2.75, 3.05) is 31.1 Å². The fourth-order valence-corrected chi connectivity index (χ4v) is 2.85. The molecule has 2 aromatic heterocycles. The lowest BCUT2D eigenvalue weighted by Gasteiger charge is -2.28. The van der Waals surface area contributed by atoms with Gasteiger partial charge >= 0.3 is 0 Å². The molecule has 3 heterocycles. The molecule has 116 valence electrons. The molecule has 0 saturated carbocycles. The number of hydrogen-bond donors (Lipinski definition) is 1. The maximum atomic E-state index is 14.2. The molecule has 3 aromatic rings. The Kier molecular flexibility index (Phi) is 4.03. The number of fused-ring (bicyclic) bond motifs is 3. The van der Waals surface area contributed by atoms with E-state index in [0.717, 1.165) is 26.2 Å². The van der Waals surface area contributed by atoms with E-state index in [1.807, 2.05) is 0 Å². The van der Waals surface area contributed by atoms with Crippen LogP contribution in [0.15, 0.2) is 18.5 Å². The van der Waals surface area contributed by atoms with Crippen molar-refractivity contribution >= 4 is 46.5 Å². The lowest BCUT2D eigenvalue weighted by Crippen LogP contribution is -2.44. The van der Waals surface area contributed by atoms with Crippen LogP contribution in [0.1, 0.15) is 0 Å². The Morgan fingerprint density at radius 1 is 1.23 bits per heavy atom. The molecule has 1 N–H and O–H groups in total. The molecule has 9 heteroatoms. The molecule has 1 aliphatic rings. The van der Waals surface area contributed by atoms with Gasteiger partial charge in [0.25, 0.3) is 0 Å². The van der Waals surface area contributed by atoms with E-state index < -0.39 is 5.82 Å². The smallest absolute Gasteiger partial charge is 0.204 e. The molecule has 1 aromatic carbocycles. The molecule has 0 radical (unpaired) electrons. The minimum Gasteiger partial charge on any atom is -0.351 e. The Hall–Kier alpha value is -1.70. The number of piperazine rings is 1. The molecule has 1 aliphatic heterocycles. The van der Waals surface area contributed by atoms with Gasteiger partial charge in [0.15, 0.2) is 11.6 Å². The van der Waals surface area contributed by atoms with E-state index in [4.69, 9.17) is 11.6 Å². The van der Waals surface area contributed by atoms with Crippen molar-refractivity contribution in [2.24, 2.45) is 0 Å². The highest BCUT2D eigenvalue weighted by atomic mass is 35.5. The van der Waals surface area contributed by atoms with Gasteiger partial charge in [-0.3, -0.25) is 4.40 Å². The fourth-order valence-electron chi connectivity index (χ4n) is 2.66. The highest BCUT2D eigenvalue weighted by molar-refractivity contribution is 6.31. The third-order valence-corrected chi connectivity index (χ3v) is 3.87. The van der Waals surface area contributed by atoms with Gasteiger partial charge in [0.1, 0.15) is 11.8 Å². The van der Waals surface area contributed by atoms with Gasteiger partial charge in [0.05, 0.1) is 5.52 Å². The highest BCUT2D eigenvalue weighted by Crippen LogP contribution is 2.27. The number of rotatable bonds is 1. The molecule has 0 aliphatic carbocycles. The van der Waals surface area contributed by atoms with Gasteiger partial charge in [0, 0.05) is 31.2 Å². The second kappa shape index (κ2) is 5.83. The Labute approximate surface area is 136 Å². The first-order valence-corrected chi connectivity index (χ1v) is 7.06. The van der Waals surface area contributed by atoms with Crippen LogP contribution in [-0.4, -0.2) is 45.8 Å². The molecule has 22 heavy (non-hydrogen) atoms. The molecule has 4 rings (SSSR count). The first-order chi connectivity index (χ1) is 10.2. The number of nitrogens with one attached hydrogen (secondary N) is 1. The number of anilines is 1. The Morgan fingerprint density at radius 3 is 2.77 bits per heavy atom. The molecule has 1 fully saturated rings. The highest BCUT2D eigenvalue weighted by Gasteiger charge is 2.20. The van der Waals surface area contributed by atoms with Crippen LogP contribution in [-0.2, 0) is 0 Å². The number of hydrogen-bond acceptors (Lipinski definition) is 5. The predicted octanol–water partition coefficient (Wildman–Crippen LogP) is 1.90. The average Bonchev–Trinajstić information content (AvgIpc) is 2.97. The van der Waals surface area contributed by atoms with Crippen LogP contribution >= 0.6 is 24.0 Å². The topological polar surface area (TPSA) is 58.4 Å². The predicted molar refractivity (Wildman–Crippen MR) is 85.6 cm³/mol. The minimum absolute atomic E-state index is 0. The van der Waals surface area contributed by atoms with Crippen LogP contribution in [0.4, 0.5) is 10.2 Å². The fraction of sp³-hybridized carbons (Fsp3) is 0.308. The molecule has 1 saturated heterocycles. The summed E-state index contributed by atoms with van der Waals surface area (Å²) in [7, 11) is 0. The molecule has 0 spiro atoms. The zero-order chi connectivity index (χ0) is 14.4. The Balaban J connectivity index is 0.00000144. The quantitative estimate of drug-likeness (QED) is 0.731. The molecular formula is C13H13Cl2FN6. The molecule has 0 unspecified atom stereocenters. The van der Waals surface area contributed by atoms with Crippen molar-refractivity contribution in [3.63, 3.8) is 0 Å². The van der Waals surface area contributed by atoms with Crippen LogP contribution in [0, 0.1) is 5.82 Å². The van der Waals surface area contributed by atoms with Crippen molar-refractivity contribution in [2.45, 2.75) is 0 Å². The van der Waals surface area contributed by atoms with Crippen molar-refractivity contribution in [1.29, 1.82) is 0 Å². The molecule has 0 atom stereocenters. The number of aromatic nitrogens is 4. The van der Waals surface area contributed by atoms with Crippen LogP contribution in [0.25, 0.3) is 16.7 Å². The number of benzene rings is 1. The summed E-state index contributed by atoms with van der Waals surface area (Å²) in [5.74, 6) is 0.215. The maximum absolute atomic E-state index is 14.2. The summed E-state index contributed by atoms with van der Waals surface area (Å²) in [6, 6.07) is 2.94. The number of halogens is 3. The van der Waals surface area contributed by atoms with Crippen molar-refractivity contribution in [1.82, 2.24) is 24.9 Å². The zero-order valence-electron chi connectivity index (χ0n) is 11.5. The summed E-state index contributed by atoms with van der Waals surface area (Å²) >= 11 is 5.94. The van der Waals surface area contributed by atoms with E-state index in [0.29, 0.717) is 22.0 Å². The van der Waals surface area contributed by atoms with E-state index in [2.05, 4.69) is 25.4 Å². The van der Waals surface area contributed by atoms with E-state index in [9.17, 15) is 4.39 Å². The molecule has 6 nitrogen and oxygen atoms in total. The SMILES string of the molecule is Cl.Fc1cc(Cl)cc2c1nc(N1CCNCC1)c1nncn12. The average molecular weight is 343 g/mol. The van der Waals surface area contributed by atoms with Crippen molar-refractivity contribution in [3.8, 4) is 0 Å². The minimum atomic E-state index is -0.440. The lowest BCUT2D eigenvalue weighted by atomic mass is 10.2. The van der Waals surface area contributed by atoms with Gasteiger partial charge < -0.3 is 10.2 Å². The third kappa shape index (κ3) is 2.35. The van der Waals surface area contributed by atoms with Crippen molar-refractivity contribution in [3.05, 3.63) is 29.3 Å². The molecule has 0 amide bonds. The summed E-state index contributed by atoms with van der Waals surface area (Å²) < 4.78 is 15.9. The van der Waals surface area contributed by atoms with E-state index >= 15 is 0 Å². The monoisotopic (exact) mass is 342 g/mol. The van der Waals surface area contributed by atoms with Crippen LogP contribution in [0.5, 0.6) is 0 Å². The molecule has 0 bridgehead atoms. The first-order valence-electron chi connectivity index (χ1n) is 6.68. The summed E-state index contributed by atoms with van der Waals surface area (Å²) in [5, 5.41) is 11.7. The largest absolute Gasteiger partial charge is 0.351 e. The van der Waals surface area contributed by atoms with Gasteiger partial charge in [0.2, 0.25) is 5.65 Å². The van der Waals surface area contributed by atoms with Gasteiger partial charge in [-0.05, 0) is 12.1 Å². The summed E-state index contributed by atoms with van der Waals surface area (Å²) in [5.41, 5.74) is 1.46. The first kappa shape index (κ1) is 15.2. The second-order valence-corrected chi connectivity index (χ2v) is 5.39. The zero-order valence-corrected chi connectivity index (χ0v) is 13.0. The number of nitrogens with zero attached hydrogens (tertiary/aromatic N) is 5. The van der Waals surface area contributed by atoms with E-state index in [-0.39, 0.29) is 17.9 Å².